The minimum atomic E-state index is -1.07. The Morgan fingerprint density at radius 1 is 1.36 bits per heavy atom. The second-order valence-corrected chi connectivity index (χ2v) is 12.0. The predicted octanol–water partition coefficient (Wildman–Crippen LogP) is 2.71. The minimum absolute atomic E-state index is 0.386. The summed E-state index contributed by atoms with van der Waals surface area (Å²) in [6, 6.07) is 8.44. The normalized spacial score (nSPS) is 11.4. The molecule has 2 N–H and O–H groups in total. The molecule has 6 nitrogen and oxygen atoms in total. The van der Waals surface area contributed by atoms with Gasteiger partial charge >= 0.3 is 0 Å². The number of nitriles is 1. The van der Waals surface area contributed by atoms with Crippen molar-refractivity contribution in [2.45, 2.75) is 32.4 Å². The Balaban J connectivity index is 1.98. The molecule has 0 unspecified atom stereocenters. The van der Waals surface area contributed by atoms with Crippen LogP contribution in [0, 0.1) is 11.3 Å². The van der Waals surface area contributed by atoms with E-state index in [0.717, 1.165) is 18.2 Å². The van der Waals surface area contributed by atoms with E-state index in [1.807, 2.05) is 6.07 Å². The van der Waals surface area contributed by atoms with Crippen LogP contribution in [-0.4, -0.2) is 29.7 Å². The highest BCUT2D eigenvalue weighted by Crippen LogP contribution is 2.21. The smallest absolute Gasteiger partial charge is 0.141 e. The Hall–Kier alpha value is -2.17. The minimum Gasteiger partial charge on any atom is -0.398 e. The van der Waals surface area contributed by atoms with Crippen LogP contribution in [0.25, 0.3) is 11.3 Å². The first-order valence-electron chi connectivity index (χ1n) is 7.17. The molecule has 0 aliphatic carbocycles. The SMILES string of the molecule is C[Si](C)(C)CCOCn1cc(-c2ccc(N)c(C#N)c2)nn1. The van der Waals surface area contributed by atoms with E-state index >= 15 is 0 Å². The van der Waals surface area contributed by atoms with Crippen molar-refractivity contribution >= 4 is 13.8 Å². The van der Waals surface area contributed by atoms with E-state index in [9.17, 15) is 0 Å². The van der Waals surface area contributed by atoms with Gasteiger partial charge < -0.3 is 10.5 Å². The molecular formula is C15H21N5OSi. The number of benzene rings is 1. The van der Waals surface area contributed by atoms with E-state index < -0.39 is 8.07 Å². The van der Waals surface area contributed by atoms with Crippen molar-refractivity contribution in [1.29, 1.82) is 5.26 Å². The lowest BCUT2D eigenvalue weighted by molar-refractivity contribution is 0.0772. The molecule has 7 heteroatoms. The maximum absolute atomic E-state index is 9.02. The van der Waals surface area contributed by atoms with Crippen LogP contribution in [0.3, 0.4) is 0 Å². The molecule has 116 valence electrons. The van der Waals surface area contributed by atoms with E-state index in [4.69, 9.17) is 15.7 Å². The van der Waals surface area contributed by atoms with Gasteiger partial charge in [0, 0.05) is 25.9 Å². The molecule has 1 aromatic heterocycles. The third-order valence-corrected chi connectivity index (χ3v) is 4.93. The Morgan fingerprint density at radius 2 is 2.14 bits per heavy atom. The molecule has 0 aliphatic rings. The number of nitrogens with zero attached hydrogens (tertiary/aromatic N) is 4. The highest BCUT2D eigenvalue weighted by Gasteiger charge is 2.12. The zero-order valence-corrected chi connectivity index (χ0v) is 14.2. The summed E-state index contributed by atoms with van der Waals surface area (Å²) in [6.07, 6.45) is 1.81. The Morgan fingerprint density at radius 3 is 2.82 bits per heavy atom. The van der Waals surface area contributed by atoms with Gasteiger partial charge in [-0.25, -0.2) is 4.68 Å². The molecule has 0 spiro atoms. The van der Waals surface area contributed by atoms with Crippen LogP contribution in [0.1, 0.15) is 5.56 Å². The van der Waals surface area contributed by atoms with E-state index in [0.29, 0.717) is 23.7 Å². The van der Waals surface area contributed by atoms with Gasteiger partial charge in [0.05, 0.1) is 11.8 Å². The standard InChI is InChI=1S/C15H21N5OSi/c1-22(2,3)7-6-21-11-20-10-15(18-19-20)12-4-5-14(17)13(8-12)9-16/h4-5,8,10H,6-7,11,17H2,1-3H3. The molecule has 0 bridgehead atoms. The quantitative estimate of drug-likeness (QED) is 0.503. The molecule has 0 saturated heterocycles. The van der Waals surface area contributed by atoms with Crippen LogP contribution >= 0.6 is 0 Å². The fraction of sp³-hybridized carbons (Fsp3) is 0.400. The van der Waals surface area contributed by atoms with E-state index in [2.05, 4.69) is 36.0 Å². The number of hydrogen-bond acceptors (Lipinski definition) is 5. The molecule has 0 aliphatic heterocycles. The zero-order chi connectivity index (χ0) is 16.2. The van der Waals surface area contributed by atoms with E-state index in [1.165, 1.54) is 0 Å². The summed E-state index contributed by atoms with van der Waals surface area (Å²) in [6.45, 7) is 8.08. The summed E-state index contributed by atoms with van der Waals surface area (Å²) in [5.74, 6) is 0. The van der Waals surface area contributed by atoms with Crippen LogP contribution < -0.4 is 5.73 Å². The Bertz CT molecular complexity index is 684. The lowest BCUT2D eigenvalue weighted by Gasteiger charge is -2.15. The van der Waals surface area contributed by atoms with Gasteiger partial charge in [-0.05, 0) is 18.2 Å². The Labute approximate surface area is 131 Å². The number of hydrogen-bond donors (Lipinski definition) is 1. The predicted molar refractivity (Wildman–Crippen MR) is 88.7 cm³/mol. The topological polar surface area (TPSA) is 89.8 Å². The van der Waals surface area contributed by atoms with Crippen molar-refractivity contribution in [1.82, 2.24) is 15.0 Å². The molecule has 0 atom stereocenters. The fourth-order valence-corrected chi connectivity index (χ4v) is 2.60. The molecule has 1 aromatic carbocycles. The second-order valence-electron chi connectivity index (χ2n) is 6.41. The highest BCUT2D eigenvalue weighted by molar-refractivity contribution is 6.76. The number of aromatic nitrogens is 3. The van der Waals surface area contributed by atoms with Crippen molar-refractivity contribution in [3.05, 3.63) is 30.0 Å². The molecule has 2 rings (SSSR count). The van der Waals surface area contributed by atoms with Gasteiger partial charge in [0.25, 0.3) is 0 Å². The summed E-state index contributed by atoms with van der Waals surface area (Å²) in [4.78, 5) is 0. The van der Waals surface area contributed by atoms with Crippen LogP contribution in [0.4, 0.5) is 5.69 Å². The van der Waals surface area contributed by atoms with Crippen LogP contribution in [0.2, 0.25) is 25.7 Å². The van der Waals surface area contributed by atoms with E-state index in [1.54, 1.807) is 23.0 Å². The summed E-state index contributed by atoms with van der Waals surface area (Å²) in [5, 5.41) is 17.2. The largest absolute Gasteiger partial charge is 0.398 e. The fourth-order valence-electron chi connectivity index (χ4n) is 1.84. The average Bonchev–Trinajstić information content (AvgIpc) is 2.92. The first kappa shape index (κ1) is 16.2. The maximum Gasteiger partial charge on any atom is 0.141 e. The average molecular weight is 315 g/mol. The molecule has 2 aromatic rings. The van der Waals surface area contributed by atoms with Crippen molar-refractivity contribution in [2.75, 3.05) is 12.3 Å². The maximum atomic E-state index is 9.02. The van der Waals surface area contributed by atoms with Gasteiger partial charge in [0.2, 0.25) is 0 Å². The van der Waals surface area contributed by atoms with Crippen LogP contribution in [-0.2, 0) is 11.5 Å². The summed E-state index contributed by atoms with van der Waals surface area (Å²) in [7, 11) is -1.07. The molecule has 0 fully saturated rings. The van der Waals surface area contributed by atoms with Gasteiger partial charge in [-0.3, -0.25) is 0 Å². The van der Waals surface area contributed by atoms with Crippen molar-refractivity contribution in [2.24, 2.45) is 0 Å². The Kier molecular flexibility index (Phi) is 4.95. The number of nitrogen functional groups attached to an aromatic ring is 1. The number of rotatable bonds is 6. The molecular weight excluding hydrogens is 294 g/mol. The first-order valence-corrected chi connectivity index (χ1v) is 10.9. The highest BCUT2D eigenvalue weighted by atomic mass is 28.3. The molecule has 22 heavy (non-hydrogen) atoms. The molecule has 0 radical (unpaired) electrons. The third-order valence-electron chi connectivity index (χ3n) is 3.23. The van der Waals surface area contributed by atoms with Crippen molar-refractivity contribution in [3.63, 3.8) is 0 Å². The number of ether oxygens (including phenoxy) is 1. The van der Waals surface area contributed by atoms with Gasteiger partial charge in [0.15, 0.2) is 0 Å². The van der Waals surface area contributed by atoms with E-state index in [-0.39, 0.29) is 0 Å². The third kappa shape index (κ3) is 4.41. The molecule has 0 amide bonds. The van der Waals surface area contributed by atoms with Gasteiger partial charge in [-0.1, -0.05) is 30.9 Å². The van der Waals surface area contributed by atoms with Crippen molar-refractivity contribution in [3.8, 4) is 17.3 Å². The number of anilines is 1. The van der Waals surface area contributed by atoms with Crippen LogP contribution in [0.15, 0.2) is 24.4 Å². The summed E-state index contributed by atoms with van der Waals surface area (Å²) < 4.78 is 7.29. The second kappa shape index (κ2) is 6.73. The van der Waals surface area contributed by atoms with Crippen LogP contribution in [0.5, 0.6) is 0 Å². The molecule has 0 saturated carbocycles. The lowest BCUT2D eigenvalue weighted by atomic mass is 10.1. The monoisotopic (exact) mass is 315 g/mol. The van der Waals surface area contributed by atoms with Crippen molar-refractivity contribution < 1.29 is 4.74 Å². The van der Waals surface area contributed by atoms with Gasteiger partial charge in [-0.15, -0.1) is 5.10 Å². The lowest BCUT2D eigenvalue weighted by Crippen LogP contribution is -2.22. The summed E-state index contributed by atoms with van der Waals surface area (Å²) in [5.41, 5.74) is 8.15. The molecule has 1 heterocycles. The number of nitrogens with two attached hydrogens (primary N) is 1. The zero-order valence-electron chi connectivity index (χ0n) is 13.2. The summed E-state index contributed by atoms with van der Waals surface area (Å²) >= 11 is 0. The first-order chi connectivity index (χ1) is 10.4. The van der Waals surface area contributed by atoms with Gasteiger partial charge in [0.1, 0.15) is 18.5 Å². The van der Waals surface area contributed by atoms with Gasteiger partial charge in [-0.2, -0.15) is 5.26 Å².